The second-order valence-electron chi connectivity index (χ2n) is 6.38. The molecule has 0 amide bonds. The molecule has 7 heteroatoms. The van der Waals surface area contributed by atoms with Gasteiger partial charge in [0.15, 0.2) is 11.6 Å². The van der Waals surface area contributed by atoms with Crippen molar-refractivity contribution < 1.29 is 9.13 Å². The van der Waals surface area contributed by atoms with Crippen LogP contribution >= 0.6 is 11.6 Å². The molecule has 5 nitrogen and oxygen atoms in total. The summed E-state index contributed by atoms with van der Waals surface area (Å²) in [6.07, 6.45) is 5.68. The van der Waals surface area contributed by atoms with Gasteiger partial charge in [0.25, 0.3) is 0 Å². The molecule has 1 aromatic carbocycles. The minimum absolute atomic E-state index is 0.0285. The third-order valence-electron chi connectivity index (χ3n) is 4.48. The Bertz CT molecular complexity index is 997. The van der Waals surface area contributed by atoms with Crippen molar-refractivity contribution in [3.8, 4) is 5.88 Å². The Kier molecular flexibility index (Phi) is 5.48. The van der Waals surface area contributed by atoms with Crippen molar-refractivity contribution >= 4 is 23.0 Å². The van der Waals surface area contributed by atoms with Gasteiger partial charge in [-0.05, 0) is 41.3 Å². The fourth-order valence-electron chi connectivity index (χ4n) is 3.16. The molecule has 0 aliphatic carbocycles. The van der Waals surface area contributed by atoms with Gasteiger partial charge >= 0.3 is 0 Å². The lowest BCUT2D eigenvalue weighted by Gasteiger charge is -2.29. The Morgan fingerprint density at radius 2 is 1.96 bits per heavy atom. The van der Waals surface area contributed by atoms with Crippen molar-refractivity contribution in [1.82, 2.24) is 15.0 Å². The molecular weight excluding hydrogens is 379 g/mol. The topological polar surface area (TPSA) is 51.1 Å². The van der Waals surface area contributed by atoms with Crippen molar-refractivity contribution in [2.75, 3.05) is 18.0 Å². The van der Waals surface area contributed by atoms with Crippen LogP contribution in [0.2, 0.25) is 5.28 Å². The van der Waals surface area contributed by atoms with Crippen LogP contribution in [-0.2, 0) is 6.61 Å². The fourth-order valence-corrected chi connectivity index (χ4v) is 3.28. The van der Waals surface area contributed by atoms with Crippen LogP contribution in [0.15, 0.2) is 60.9 Å². The molecule has 0 unspecified atom stereocenters. The van der Waals surface area contributed by atoms with Gasteiger partial charge in [0.1, 0.15) is 6.61 Å². The molecule has 1 aliphatic rings. The number of aromatic nitrogens is 3. The lowest BCUT2D eigenvalue weighted by atomic mass is 10.0. The van der Waals surface area contributed by atoms with Crippen LogP contribution in [0, 0.1) is 5.82 Å². The first kappa shape index (κ1) is 18.4. The Morgan fingerprint density at radius 1 is 1.11 bits per heavy atom. The first-order chi connectivity index (χ1) is 13.7. The van der Waals surface area contributed by atoms with Crippen molar-refractivity contribution in [1.29, 1.82) is 0 Å². The van der Waals surface area contributed by atoms with E-state index in [0.29, 0.717) is 25.6 Å². The van der Waals surface area contributed by atoms with E-state index < -0.39 is 5.82 Å². The number of nitrogens with zero attached hydrogens (tertiary/aromatic N) is 4. The van der Waals surface area contributed by atoms with Crippen LogP contribution < -0.4 is 9.64 Å². The van der Waals surface area contributed by atoms with E-state index in [0.717, 1.165) is 29.3 Å². The Morgan fingerprint density at radius 3 is 2.82 bits per heavy atom. The molecule has 3 heterocycles. The maximum absolute atomic E-state index is 14.2. The van der Waals surface area contributed by atoms with Crippen LogP contribution in [0.3, 0.4) is 0 Å². The molecule has 0 radical (unpaired) electrons. The third-order valence-corrected chi connectivity index (χ3v) is 4.66. The van der Waals surface area contributed by atoms with E-state index in [2.05, 4.69) is 21.0 Å². The lowest BCUT2D eigenvalue weighted by Crippen LogP contribution is -2.31. The molecule has 0 saturated heterocycles. The van der Waals surface area contributed by atoms with Crippen LogP contribution in [-0.4, -0.2) is 28.0 Å². The number of hydrogen-bond acceptors (Lipinski definition) is 5. The summed E-state index contributed by atoms with van der Waals surface area (Å²) in [6.45, 7) is 1.56. The van der Waals surface area contributed by atoms with Gasteiger partial charge in [-0.3, -0.25) is 0 Å². The van der Waals surface area contributed by atoms with E-state index in [4.69, 9.17) is 16.3 Å². The summed E-state index contributed by atoms with van der Waals surface area (Å²) in [5.74, 6) is 0.277. The van der Waals surface area contributed by atoms with Crippen molar-refractivity contribution in [2.45, 2.75) is 13.0 Å². The maximum Gasteiger partial charge on any atom is 0.224 e. The van der Waals surface area contributed by atoms with E-state index in [-0.39, 0.29) is 11.1 Å². The molecule has 0 fully saturated rings. The summed E-state index contributed by atoms with van der Waals surface area (Å²) in [5.41, 5.74) is 2.97. The number of benzene rings is 1. The first-order valence-corrected chi connectivity index (χ1v) is 9.32. The molecule has 142 valence electrons. The number of halogens is 2. The lowest BCUT2D eigenvalue weighted by molar-refractivity contribution is 0.293. The third kappa shape index (κ3) is 4.12. The standard InChI is InChI=1S/C21H18ClFN4O/c22-21-25-12-18(23)19(26-21)27-11-5-8-16(13-27)17-9-4-10-24-20(17)28-14-15-6-2-1-3-7-15/h1-4,6-10,12H,5,11,13-14H2. The molecule has 0 N–H and O–H groups in total. The van der Waals surface area contributed by atoms with Crippen molar-refractivity contribution in [3.05, 3.63) is 83.2 Å². The zero-order valence-electron chi connectivity index (χ0n) is 15.1. The molecule has 3 aromatic rings. The molecule has 0 atom stereocenters. The monoisotopic (exact) mass is 396 g/mol. The summed E-state index contributed by atoms with van der Waals surface area (Å²) >= 11 is 5.85. The quantitative estimate of drug-likeness (QED) is 0.593. The first-order valence-electron chi connectivity index (χ1n) is 8.95. The Balaban J connectivity index is 1.55. The van der Waals surface area contributed by atoms with Gasteiger partial charge in [0, 0.05) is 24.8 Å². The van der Waals surface area contributed by atoms with Gasteiger partial charge in [0.05, 0.1) is 6.20 Å². The predicted octanol–water partition coefficient (Wildman–Crippen LogP) is 4.54. The van der Waals surface area contributed by atoms with Gasteiger partial charge in [-0.15, -0.1) is 0 Å². The predicted molar refractivity (Wildman–Crippen MR) is 107 cm³/mol. The summed E-state index contributed by atoms with van der Waals surface area (Å²) in [5, 5.41) is 0.0285. The molecule has 28 heavy (non-hydrogen) atoms. The highest BCUT2D eigenvalue weighted by atomic mass is 35.5. The van der Waals surface area contributed by atoms with Crippen LogP contribution in [0.5, 0.6) is 5.88 Å². The zero-order valence-corrected chi connectivity index (χ0v) is 15.8. The summed E-state index contributed by atoms with van der Waals surface area (Å²) in [6, 6.07) is 13.8. The fraction of sp³-hybridized carbons (Fsp3) is 0.190. The van der Waals surface area contributed by atoms with Crippen LogP contribution in [0.25, 0.3) is 5.57 Å². The number of ether oxygens (including phenoxy) is 1. The van der Waals surface area contributed by atoms with Gasteiger partial charge < -0.3 is 9.64 Å². The van der Waals surface area contributed by atoms with Crippen LogP contribution in [0.4, 0.5) is 10.2 Å². The van der Waals surface area contributed by atoms with Crippen molar-refractivity contribution in [3.63, 3.8) is 0 Å². The number of rotatable bonds is 5. The summed E-state index contributed by atoms with van der Waals surface area (Å²) in [7, 11) is 0. The van der Waals surface area contributed by atoms with Crippen molar-refractivity contribution in [2.24, 2.45) is 0 Å². The van der Waals surface area contributed by atoms with Gasteiger partial charge in [-0.25, -0.2) is 14.4 Å². The SMILES string of the molecule is Fc1cnc(Cl)nc1N1CCC=C(c2cccnc2OCc2ccccc2)C1. The number of hydrogen-bond donors (Lipinski definition) is 0. The normalized spacial score (nSPS) is 13.9. The van der Waals surface area contributed by atoms with E-state index in [1.807, 2.05) is 47.4 Å². The molecule has 1 aliphatic heterocycles. The van der Waals surface area contributed by atoms with Gasteiger partial charge in [-0.2, -0.15) is 4.98 Å². The maximum atomic E-state index is 14.2. The average Bonchev–Trinajstić information content (AvgIpc) is 2.75. The number of pyridine rings is 1. The molecule has 0 saturated carbocycles. The second kappa shape index (κ2) is 8.35. The molecule has 4 rings (SSSR count). The summed E-state index contributed by atoms with van der Waals surface area (Å²) < 4.78 is 20.2. The molecular formula is C21H18ClFN4O. The van der Waals surface area contributed by atoms with Crippen LogP contribution in [0.1, 0.15) is 17.5 Å². The molecule has 0 spiro atoms. The summed E-state index contributed by atoms with van der Waals surface area (Å²) in [4.78, 5) is 14.0. The molecule has 0 bridgehead atoms. The Labute approximate surface area is 167 Å². The average molecular weight is 397 g/mol. The van der Waals surface area contributed by atoms with Gasteiger partial charge in [-0.1, -0.05) is 36.4 Å². The highest BCUT2D eigenvalue weighted by Crippen LogP contribution is 2.30. The van der Waals surface area contributed by atoms with E-state index in [9.17, 15) is 4.39 Å². The van der Waals surface area contributed by atoms with Gasteiger partial charge in [0.2, 0.25) is 11.2 Å². The number of anilines is 1. The largest absolute Gasteiger partial charge is 0.472 e. The zero-order chi connectivity index (χ0) is 19.3. The molecule has 2 aromatic heterocycles. The second-order valence-corrected chi connectivity index (χ2v) is 6.72. The Hall–Kier alpha value is -2.99. The van der Waals surface area contributed by atoms with E-state index in [1.54, 1.807) is 6.20 Å². The highest BCUT2D eigenvalue weighted by molar-refractivity contribution is 6.28. The highest BCUT2D eigenvalue weighted by Gasteiger charge is 2.21. The smallest absolute Gasteiger partial charge is 0.224 e. The minimum atomic E-state index is -0.489. The van der Waals surface area contributed by atoms with E-state index in [1.165, 1.54) is 0 Å². The minimum Gasteiger partial charge on any atom is -0.472 e. The van der Waals surface area contributed by atoms with E-state index >= 15 is 0 Å².